The van der Waals surface area contributed by atoms with Crippen molar-refractivity contribution in [2.45, 2.75) is 25.7 Å². The van der Waals surface area contributed by atoms with Gasteiger partial charge in [0.05, 0.1) is 11.6 Å². The number of alkyl halides is 2. The summed E-state index contributed by atoms with van der Waals surface area (Å²) in [7, 11) is 0. The van der Waals surface area contributed by atoms with Crippen LogP contribution in [0.15, 0.2) is 47.6 Å². The molecule has 3 amide bonds. The van der Waals surface area contributed by atoms with Crippen molar-refractivity contribution in [2.24, 2.45) is 10.9 Å². The zero-order valence-electron chi connectivity index (χ0n) is 16.0. The molecule has 1 aromatic heterocycles. The highest BCUT2D eigenvalue weighted by Gasteiger charge is 2.55. The number of aliphatic carboxylic acids is 1. The van der Waals surface area contributed by atoms with Crippen LogP contribution in [-0.2, 0) is 16.0 Å². The van der Waals surface area contributed by atoms with Crippen molar-refractivity contribution in [3.05, 3.63) is 53.9 Å². The number of hydrogen-bond acceptors (Lipinski definition) is 6. The second-order valence-corrected chi connectivity index (χ2v) is 6.93. The maximum atomic E-state index is 13.2. The summed E-state index contributed by atoms with van der Waals surface area (Å²) in [5, 5.41) is 9.51. The first-order valence-corrected chi connectivity index (χ1v) is 9.11. The third-order valence-corrected chi connectivity index (χ3v) is 4.91. The standard InChI is InChI=1S/C20H15F2N3O6/c1-10(11-5-6-14-15(8-11)31-20(21,22)30-14)24-19(29)25-16(18(27)28)13(17(25)26)9-12-4-2-3-7-23-12/h2-8,13,16H,9H2,1H3,(H,27,28)/t13-,16+/m1/s1. The molecule has 1 aromatic carbocycles. The second-order valence-electron chi connectivity index (χ2n) is 6.93. The van der Waals surface area contributed by atoms with Crippen LogP contribution < -0.4 is 9.47 Å². The Morgan fingerprint density at radius 3 is 2.65 bits per heavy atom. The molecule has 0 spiro atoms. The Bertz CT molecular complexity index is 1110. The summed E-state index contributed by atoms with van der Waals surface area (Å²) in [5.74, 6) is -3.37. The fourth-order valence-electron chi connectivity index (χ4n) is 3.42. The van der Waals surface area contributed by atoms with E-state index in [0.717, 1.165) is 0 Å². The van der Waals surface area contributed by atoms with Gasteiger partial charge in [0.15, 0.2) is 17.5 Å². The average Bonchev–Trinajstić information content (AvgIpc) is 3.03. The largest absolute Gasteiger partial charge is 0.586 e. The van der Waals surface area contributed by atoms with Crippen molar-refractivity contribution < 1.29 is 37.7 Å². The fraction of sp³-hybridized carbons (Fsp3) is 0.250. The van der Waals surface area contributed by atoms with Crippen LogP contribution in [0.3, 0.4) is 0 Å². The molecule has 2 aliphatic rings. The number of carboxylic acids is 1. The first kappa shape index (κ1) is 20.4. The van der Waals surface area contributed by atoms with Gasteiger partial charge in [-0.1, -0.05) is 6.07 Å². The van der Waals surface area contributed by atoms with Gasteiger partial charge >= 0.3 is 18.3 Å². The molecule has 0 aliphatic carbocycles. The number of carbonyl (C=O) groups is 3. The summed E-state index contributed by atoms with van der Waals surface area (Å²) < 4.78 is 35.0. The maximum Gasteiger partial charge on any atom is 0.586 e. The average molecular weight is 431 g/mol. The quantitative estimate of drug-likeness (QED) is 0.584. The van der Waals surface area contributed by atoms with E-state index in [9.17, 15) is 28.3 Å². The van der Waals surface area contributed by atoms with E-state index < -0.39 is 36.2 Å². The highest BCUT2D eigenvalue weighted by molar-refractivity contribution is 6.12. The Hall–Kier alpha value is -3.89. The molecule has 160 valence electrons. The zero-order valence-corrected chi connectivity index (χ0v) is 16.0. The number of carboxylic acid groups (broad SMARTS) is 1. The number of imide groups is 1. The summed E-state index contributed by atoms with van der Waals surface area (Å²) in [6.45, 7) is 1.42. The fourth-order valence-corrected chi connectivity index (χ4v) is 3.42. The lowest BCUT2D eigenvalue weighted by Gasteiger charge is -2.41. The number of benzene rings is 1. The van der Waals surface area contributed by atoms with E-state index in [4.69, 9.17) is 0 Å². The predicted octanol–water partition coefficient (Wildman–Crippen LogP) is 2.49. The van der Waals surface area contributed by atoms with Crippen LogP contribution in [0, 0.1) is 5.92 Å². The van der Waals surface area contributed by atoms with Crippen LogP contribution in [0.1, 0.15) is 18.2 Å². The Morgan fingerprint density at radius 2 is 1.97 bits per heavy atom. The number of likely N-dealkylation sites (tertiary alicyclic amines) is 1. The second kappa shape index (κ2) is 7.42. The zero-order chi connectivity index (χ0) is 22.3. The van der Waals surface area contributed by atoms with Crippen molar-refractivity contribution in [1.82, 2.24) is 9.88 Å². The summed E-state index contributed by atoms with van der Waals surface area (Å²) in [6, 6.07) is 6.42. The molecule has 31 heavy (non-hydrogen) atoms. The summed E-state index contributed by atoms with van der Waals surface area (Å²) in [6.07, 6.45) is -2.20. The molecule has 0 unspecified atom stereocenters. The lowest BCUT2D eigenvalue weighted by Crippen LogP contribution is -2.66. The molecule has 2 atom stereocenters. The molecule has 0 saturated carbocycles. The van der Waals surface area contributed by atoms with E-state index in [2.05, 4.69) is 19.5 Å². The Labute approximate surface area is 173 Å². The monoisotopic (exact) mass is 431 g/mol. The van der Waals surface area contributed by atoms with Gasteiger partial charge in [-0.15, -0.1) is 8.78 Å². The number of ether oxygens (including phenoxy) is 2. The van der Waals surface area contributed by atoms with Gasteiger partial charge in [-0.2, -0.15) is 4.99 Å². The number of amides is 3. The molecule has 9 nitrogen and oxygen atoms in total. The lowest BCUT2D eigenvalue weighted by atomic mass is 9.83. The smallest absolute Gasteiger partial charge is 0.480 e. The molecule has 11 heteroatoms. The number of carbonyl (C=O) groups excluding carboxylic acids is 2. The van der Waals surface area contributed by atoms with Gasteiger partial charge in [0.1, 0.15) is 0 Å². The van der Waals surface area contributed by atoms with Gasteiger partial charge in [0.25, 0.3) is 0 Å². The van der Waals surface area contributed by atoms with Crippen LogP contribution in [0.25, 0.3) is 0 Å². The van der Waals surface area contributed by atoms with E-state index in [1.807, 2.05) is 0 Å². The number of pyridine rings is 1. The molecule has 0 radical (unpaired) electrons. The first-order valence-electron chi connectivity index (χ1n) is 9.11. The van der Waals surface area contributed by atoms with Crippen molar-refractivity contribution in [3.63, 3.8) is 0 Å². The van der Waals surface area contributed by atoms with Gasteiger partial charge in [-0.3, -0.25) is 9.78 Å². The number of urea groups is 1. The van der Waals surface area contributed by atoms with Gasteiger partial charge in [0, 0.05) is 18.3 Å². The van der Waals surface area contributed by atoms with Gasteiger partial charge in [-0.25, -0.2) is 14.5 Å². The number of rotatable bonds is 4. The van der Waals surface area contributed by atoms with Crippen molar-refractivity contribution in [3.8, 4) is 11.5 Å². The van der Waals surface area contributed by atoms with Crippen LogP contribution in [0.4, 0.5) is 13.6 Å². The minimum atomic E-state index is -3.79. The van der Waals surface area contributed by atoms with Crippen LogP contribution in [0.5, 0.6) is 11.5 Å². The molecular formula is C20H15F2N3O6. The molecule has 4 rings (SSSR count). The Balaban J connectivity index is 1.52. The van der Waals surface area contributed by atoms with E-state index >= 15 is 0 Å². The molecule has 0 bridgehead atoms. The normalized spacial score (nSPS) is 21.6. The summed E-state index contributed by atoms with van der Waals surface area (Å²) in [5.41, 5.74) is 0.867. The Morgan fingerprint density at radius 1 is 1.23 bits per heavy atom. The topological polar surface area (TPSA) is 118 Å². The maximum absolute atomic E-state index is 13.2. The number of β-lactam (4-membered cyclic amide) rings is 1. The van der Waals surface area contributed by atoms with E-state index in [1.165, 1.54) is 31.3 Å². The minimum Gasteiger partial charge on any atom is -0.480 e. The molecule has 2 aromatic rings. The van der Waals surface area contributed by atoms with Gasteiger partial charge < -0.3 is 14.6 Å². The first-order chi connectivity index (χ1) is 14.7. The summed E-state index contributed by atoms with van der Waals surface area (Å²) in [4.78, 5) is 45.1. The minimum absolute atomic E-state index is 0.0689. The van der Waals surface area contributed by atoms with Crippen LogP contribution in [-0.4, -0.2) is 50.9 Å². The molecule has 1 N–H and O–H groups in total. The number of aromatic nitrogens is 1. The SMILES string of the molecule is CC(=NC(=O)N1C(=O)[C@H](Cc2ccccn2)[C@H]1C(=O)O)c1ccc2c(c1)OC(F)(F)O2. The third-order valence-electron chi connectivity index (χ3n) is 4.91. The number of hydrogen-bond donors (Lipinski definition) is 1. The molecule has 1 fully saturated rings. The number of nitrogens with zero attached hydrogens (tertiary/aromatic N) is 3. The number of halogens is 2. The van der Waals surface area contributed by atoms with Crippen LogP contribution >= 0.6 is 0 Å². The van der Waals surface area contributed by atoms with Gasteiger partial charge in [0.2, 0.25) is 5.91 Å². The summed E-state index contributed by atoms with van der Waals surface area (Å²) >= 11 is 0. The number of fused-ring (bicyclic) bond motifs is 1. The molecule has 1 saturated heterocycles. The van der Waals surface area contributed by atoms with E-state index in [0.29, 0.717) is 10.6 Å². The lowest BCUT2D eigenvalue weighted by molar-refractivity contribution is -0.286. The van der Waals surface area contributed by atoms with Crippen molar-refractivity contribution in [2.75, 3.05) is 0 Å². The highest BCUT2D eigenvalue weighted by atomic mass is 19.3. The molecular weight excluding hydrogens is 416 g/mol. The van der Waals surface area contributed by atoms with Gasteiger partial charge in [-0.05, 0) is 42.8 Å². The molecule has 2 aliphatic heterocycles. The predicted molar refractivity (Wildman–Crippen MR) is 100.0 cm³/mol. The van der Waals surface area contributed by atoms with Crippen LogP contribution in [0.2, 0.25) is 0 Å². The van der Waals surface area contributed by atoms with E-state index in [1.54, 1.807) is 18.2 Å². The number of aliphatic imine (C=N–C) groups is 1. The molecule has 3 heterocycles. The van der Waals surface area contributed by atoms with E-state index in [-0.39, 0.29) is 29.2 Å². The Kier molecular flexibility index (Phi) is 4.88. The third kappa shape index (κ3) is 3.81. The van der Waals surface area contributed by atoms with Crippen molar-refractivity contribution in [1.29, 1.82) is 0 Å². The highest BCUT2D eigenvalue weighted by Crippen LogP contribution is 2.41. The van der Waals surface area contributed by atoms with Crippen molar-refractivity contribution >= 4 is 23.6 Å².